The van der Waals surface area contributed by atoms with Crippen molar-refractivity contribution in [2.45, 2.75) is 26.5 Å². The minimum Gasteiger partial charge on any atom is -0.463 e. The predicted octanol–water partition coefficient (Wildman–Crippen LogP) is 4.00. The van der Waals surface area contributed by atoms with Gasteiger partial charge in [-0.2, -0.15) is 4.98 Å². The molecule has 1 aliphatic rings. The van der Waals surface area contributed by atoms with Gasteiger partial charge in [0.05, 0.1) is 6.61 Å². The molecule has 1 N–H and O–H groups in total. The fraction of sp³-hybridized carbons (Fsp3) is 0.250. The summed E-state index contributed by atoms with van der Waals surface area (Å²) in [5, 5.41) is 11.8. The zero-order valence-electron chi connectivity index (χ0n) is 14.8. The molecule has 1 aliphatic heterocycles. The van der Waals surface area contributed by atoms with Gasteiger partial charge in [0, 0.05) is 16.8 Å². The van der Waals surface area contributed by atoms with Crippen LogP contribution in [0.4, 0.5) is 5.69 Å². The number of ether oxygens (including phenoxy) is 2. The van der Waals surface area contributed by atoms with Gasteiger partial charge in [0.25, 0.3) is 0 Å². The van der Waals surface area contributed by atoms with E-state index in [9.17, 15) is 0 Å². The van der Waals surface area contributed by atoms with Crippen LogP contribution in [0.25, 0.3) is 11.3 Å². The minimum atomic E-state index is -0.380. The van der Waals surface area contributed by atoms with Gasteiger partial charge >= 0.3 is 6.01 Å². The maximum Gasteiger partial charge on any atom is 0.339 e. The normalized spacial score (nSPS) is 15.1. The maximum absolute atomic E-state index is 6.21. The topological polar surface area (TPSA) is 69.2 Å². The maximum atomic E-state index is 6.21. The third-order valence-corrected chi connectivity index (χ3v) is 4.27. The van der Waals surface area contributed by atoms with E-state index < -0.39 is 0 Å². The van der Waals surface area contributed by atoms with Crippen molar-refractivity contribution in [3.05, 3.63) is 59.7 Å². The molecule has 0 amide bonds. The number of nitrogens with zero attached hydrogens (tertiary/aromatic N) is 3. The Kier molecular flexibility index (Phi) is 4.39. The first kappa shape index (κ1) is 16.3. The van der Waals surface area contributed by atoms with Crippen LogP contribution in [0.5, 0.6) is 11.9 Å². The highest BCUT2D eigenvalue weighted by atomic mass is 16.5. The smallest absolute Gasteiger partial charge is 0.339 e. The number of nitrogens with one attached hydrogen (secondary N) is 1. The number of rotatable bonds is 4. The summed E-state index contributed by atoms with van der Waals surface area (Å²) in [7, 11) is 0. The first-order chi connectivity index (χ1) is 12.8. The molecule has 0 saturated carbocycles. The molecule has 0 bridgehead atoms. The monoisotopic (exact) mass is 348 g/mol. The van der Waals surface area contributed by atoms with Crippen LogP contribution in [-0.4, -0.2) is 21.8 Å². The Morgan fingerprint density at radius 2 is 1.96 bits per heavy atom. The van der Waals surface area contributed by atoms with Crippen LogP contribution in [0.2, 0.25) is 0 Å². The summed E-state index contributed by atoms with van der Waals surface area (Å²) in [6.45, 7) is 4.49. The number of benzene rings is 2. The fourth-order valence-electron chi connectivity index (χ4n) is 2.96. The van der Waals surface area contributed by atoms with Crippen LogP contribution >= 0.6 is 0 Å². The number of aryl methyl sites for hydroxylation is 1. The van der Waals surface area contributed by atoms with E-state index in [1.807, 2.05) is 43.3 Å². The van der Waals surface area contributed by atoms with Gasteiger partial charge < -0.3 is 14.8 Å². The molecule has 0 radical (unpaired) electrons. The van der Waals surface area contributed by atoms with Gasteiger partial charge in [-0.25, -0.2) is 0 Å². The molecule has 26 heavy (non-hydrogen) atoms. The van der Waals surface area contributed by atoms with E-state index in [0.29, 0.717) is 18.2 Å². The Bertz CT molecular complexity index is 929. The molecule has 6 heteroatoms. The summed E-state index contributed by atoms with van der Waals surface area (Å²) in [4.78, 5) is 4.42. The van der Waals surface area contributed by atoms with Crippen molar-refractivity contribution in [1.29, 1.82) is 0 Å². The third-order valence-electron chi connectivity index (χ3n) is 4.27. The zero-order valence-corrected chi connectivity index (χ0v) is 14.8. The lowest BCUT2D eigenvalue weighted by Gasteiger charge is -2.19. The number of anilines is 1. The van der Waals surface area contributed by atoms with E-state index in [-0.39, 0.29) is 12.2 Å². The zero-order chi connectivity index (χ0) is 17.9. The average molecular weight is 348 g/mol. The van der Waals surface area contributed by atoms with Gasteiger partial charge in [-0.15, -0.1) is 5.10 Å². The highest BCUT2D eigenvalue weighted by Crippen LogP contribution is 2.39. The van der Waals surface area contributed by atoms with Crippen molar-refractivity contribution in [2.75, 3.05) is 11.9 Å². The van der Waals surface area contributed by atoms with Crippen molar-refractivity contribution in [3.63, 3.8) is 0 Å². The summed E-state index contributed by atoms with van der Waals surface area (Å²) in [6.07, 6.45) is 0.585. The Hall–Kier alpha value is -3.15. The molecular weight excluding hydrogens is 328 g/mol. The van der Waals surface area contributed by atoms with Crippen LogP contribution in [0.1, 0.15) is 31.2 Å². The molecule has 2 heterocycles. The van der Waals surface area contributed by atoms with Gasteiger partial charge in [-0.1, -0.05) is 54.5 Å². The van der Waals surface area contributed by atoms with Crippen molar-refractivity contribution < 1.29 is 9.47 Å². The van der Waals surface area contributed by atoms with Crippen LogP contribution in [0.15, 0.2) is 48.5 Å². The Balaban J connectivity index is 1.82. The molecule has 2 aromatic carbocycles. The van der Waals surface area contributed by atoms with Gasteiger partial charge in [-0.05, 0) is 25.0 Å². The van der Waals surface area contributed by atoms with Gasteiger partial charge in [0.2, 0.25) is 5.88 Å². The lowest BCUT2D eigenvalue weighted by molar-refractivity contribution is 0.219. The summed E-state index contributed by atoms with van der Waals surface area (Å²) in [6, 6.07) is 16.5. The molecule has 0 saturated heterocycles. The first-order valence-corrected chi connectivity index (χ1v) is 8.77. The molecule has 132 valence electrons. The van der Waals surface area contributed by atoms with Crippen LogP contribution < -0.4 is 14.8 Å². The molecular formula is C20H20N4O2. The van der Waals surface area contributed by atoms with E-state index in [2.05, 4.69) is 39.6 Å². The molecule has 3 aromatic rings. The van der Waals surface area contributed by atoms with E-state index in [0.717, 1.165) is 23.2 Å². The first-order valence-electron chi connectivity index (χ1n) is 8.77. The van der Waals surface area contributed by atoms with Crippen molar-refractivity contribution >= 4 is 5.69 Å². The SMILES string of the molecule is CCOc1nnc2c(n1)OC(c1cccc(CC)c1)Nc1ccccc1-2. The standard InChI is InChI=1S/C20H20N4O2/c1-3-13-8-7-9-14(12-13)18-21-16-11-6-5-10-15(16)17-19(26-18)22-20(24-23-17)25-4-2/h5-12,18,21H,3-4H2,1-2H3. The lowest BCUT2D eigenvalue weighted by atomic mass is 10.1. The van der Waals surface area contributed by atoms with Crippen molar-refractivity contribution in [3.8, 4) is 23.1 Å². The van der Waals surface area contributed by atoms with Crippen molar-refractivity contribution in [2.24, 2.45) is 0 Å². The number of aromatic nitrogens is 3. The van der Waals surface area contributed by atoms with E-state index in [4.69, 9.17) is 9.47 Å². The second kappa shape index (κ2) is 7.00. The lowest BCUT2D eigenvalue weighted by Crippen LogP contribution is -2.17. The van der Waals surface area contributed by atoms with Crippen molar-refractivity contribution in [1.82, 2.24) is 15.2 Å². The van der Waals surface area contributed by atoms with E-state index in [1.165, 1.54) is 5.56 Å². The molecule has 1 aromatic heterocycles. The Morgan fingerprint density at radius 3 is 2.81 bits per heavy atom. The number of hydrogen-bond donors (Lipinski definition) is 1. The molecule has 1 unspecified atom stereocenters. The molecule has 0 aliphatic carbocycles. The molecule has 4 rings (SSSR count). The molecule has 6 nitrogen and oxygen atoms in total. The van der Waals surface area contributed by atoms with Gasteiger partial charge in [0.1, 0.15) is 0 Å². The molecule has 0 spiro atoms. The predicted molar refractivity (Wildman–Crippen MR) is 99.2 cm³/mol. The summed E-state index contributed by atoms with van der Waals surface area (Å²) < 4.78 is 11.6. The number of para-hydroxylation sites is 1. The quantitative estimate of drug-likeness (QED) is 0.768. The second-order valence-corrected chi connectivity index (χ2v) is 5.97. The fourth-order valence-corrected chi connectivity index (χ4v) is 2.96. The molecule has 1 atom stereocenters. The summed E-state index contributed by atoms with van der Waals surface area (Å²) in [5.74, 6) is 0.410. The highest BCUT2D eigenvalue weighted by molar-refractivity contribution is 5.79. The summed E-state index contributed by atoms with van der Waals surface area (Å²) >= 11 is 0. The number of hydrogen-bond acceptors (Lipinski definition) is 6. The van der Waals surface area contributed by atoms with Gasteiger partial charge in [0.15, 0.2) is 11.9 Å². The van der Waals surface area contributed by atoms with Crippen LogP contribution in [-0.2, 0) is 6.42 Å². The molecule has 0 fully saturated rings. The highest BCUT2D eigenvalue weighted by Gasteiger charge is 2.26. The second-order valence-electron chi connectivity index (χ2n) is 5.97. The van der Waals surface area contributed by atoms with Crippen LogP contribution in [0.3, 0.4) is 0 Å². The Labute approximate surface area is 152 Å². The van der Waals surface area contributed by atoms with E-state index >= 15 is 0 Å². The third kappa shape index (κ3) is 3.06. The Morgan fingerprint density at radius 1 is 1.08 bits per heavy atom. The van der Waals surface area contributed by atoms with Crippen LogP contribution in [0, 0.1) is 0 Å². The largest absolute Gasteiger partial charge is 0.463 e. The average Bonchev–Trinajstić information content (AvgIpc) is 2.85. The minimum absolute atomic E-state index is 0.215. The van der Waals surface area contributed by atoms with Gasteiger partial charge in [-0.3, -0.25) is 0 Å². The van der Waals surface area contributed by atoms with E-state index in [1.54, 1.807) is 0 Å². The number of fused-ring (bicyclic) bond motifs is 3. The summed E-state index contributed by atoms with van der Waals surface area (Å²) in [5.41, 5.74) is 4.72.